The normalized spacial score (nSPS) is 18.1. The summed E-state index contributed by atoms with van der Waals surface area (Å²) in [6.45, 7) is 4.42. The molecule has 0 spiro atoms. The van der Waals surface area contributed by atoms with E-state index in [1.807, 2.05) is 0 Å². The molecule has 108 valence electrons. The molecule has 1 unspecified atom stereocenters. The molecule has 6 heteroatoms. The van der Waals surface area contributed by atoms with E-state index in [-0.39, 0.29) is 6.04 Å². The van der Waals surface area contributed by atoms with E-state index in [2.05, 4.69) is 6.58 Å². The lowest BCUT2D eigenvalue weighted by Crippen LogP contribution is -2.28. The topological polar surface area (TPSA) is 49.8 Å². The molecule has 0 bridgehead atoms. The summed E-state index contributed by atoms with van der Waals surface area (Å²) in [7, 11) is 0. The number of nitrogens with zero attached hydrogens (tertiary/aromatic N) is 1. The quantitative estimate of drug-likeness (QED) is 0.839. The van der Waals surface area contributed by atoms with E-state index >= 15 is 0 Å². The number of carbonyl (C=O) groups is 1. The molecule has 1 atom stereocenters. The number of hydrogen-bond donors (Lipinski definition) is 1. The monoisotopic (exact) mass is 315 g/mol. The third-order valence-corrected chi connectivity index (χ3v) is 3.89. The van der Waals surface area contributed by atoms with E-state index in [9.17, 15) is 9.90 Å². The Morgan fingerprint density at radius 3 is 2.90 bits per heavy atom. The zero-order valence-electron chi connectivity index (χ0n) is 10.8. The van der Waals surface area contributed by atoms with Crippen molar-refractivity contribution in [2.45, 2.75) is 18.9 Å². The minimum absolute atomic E-state index is 0.247. The lowest BCUT2D eigenvalue weighted by molar-refractivity contribution is 0.140. The van der Waals surface area contributed by atoms with Gasteiger partial charge in [0.15, 0.2) is 0 Å². The Hall–Kier alpha value is -1.39. The van der Waals surface area contributed by atoms with Gasteiger partial charge in [0.1, 0.15) is 12.4 Å². The standard InChI is InChI=1S/C14H15Cl2NO3/c1-2-6-20-13-7-9(10(15)8-11(13)16)12-4-3-5-17(12)14(18)19/h2,7-8,12H,1,3-6H2,(H,18,19). The first-order valence-corrected chi connectivity index (χ1v) is 7.02. The molecule has 1 aliphatic rings. The zero-order chi connectivity index (χ0) is 14.7. The fourth-order valence-corrected chi connectivity index (χ4v) is 2.94. The molecular weight excluding hydrogens is 301 g/mol. The van der Waals surface area contributed by atoms with Crippen molar-refractivity contribution in [2.75, 3.05) is 13.2 Å². The van der Waals surface area contributed by atoms with Gasteiger partial charge in [0, 0.05) is 11.6 Å². The first-order valence-electron chi connectivity index (χ1n) is 6.26. The molecule has 1 fully saturated rings. The molecule has 1 amide bonds. The number of halogens is 2. The second-order valence-corrected chi connectivity index (χ2v) is 5.35. The summed E-state index contributed by atoms with van der Waals surface area (Å²) in [5.74, 6) is 0.489. The largest absolute Gasteiger partial charge is 0.488 e. The SMILES string of the molecule is C=CCOc1cc(C2CCCN2C(=O)O)c(Cl)cc1Cl. The predicted octanol–water partition coefficient (Wildman–Crippen LogP) is 4.37. The van der Waals surface area contributed by atoms with Crippen molar-refractivity contribution in [1.82, 2.24) is 4.90 Å². The molecule has 4 nitrogen and oxygen atoms in total. The average Bonchev–Trinajstić information content (AvgIpc) is 2.87. The maximum atomic E-state index is 11.2. The number of benzene rings is 1. The average molecular weight is 316 g/mol. The van der Waals surface area contributed by atoms with Crippen LogP contribution in [0.2, 0.25) is 10.0 Å². The second kappa shape index (κ2) is 6.37. The zero-order valence-corrected chi connectivity index (χ0v) is 12.3. The third kappa shape index (κ3) is 3.02. The molecule has 1 aromatic carbocycles. The highest BCUT2D eigenvalue weighted by atomic mass is 35.5. The molecule has 1 aliphatic heterocycles. The summed E-state index contributed by atoms with van der Waals surface area (Å²) in [6, 6.07) is 3.07. The Morgan fingerprint density at radius 1 is 1.50 bits per heavy atom. The third-order valence-electron chi connectivity index (χ3n) is 3.27. The van der Waals surface area contributed by atoms with Crippen molar-refractivity contribution >= 4 is 29.3 Å². The Labute approximate surface area is 127 Å². The summed E-state index contributed by atoms with van der Waals surface area (Å²) >= 11 is 12.3. The predicted molar refractivity (Wildman–Crippen MR) is 78.9 cm³/mol. The van der Waals surface area contributed by atoms with Gasteiger partial charge in [-0.3, -0.25) is 0 Å². The lowest BCUT2D eigenvalue weighted by atomic mass is 10.0. The van der Waals surface area contributed by atoms with Crippen LogP contribution in [-0.2, 0) is 0 Å². The number of hydrogen-bond acceptors (Lipinski definition) is 2. The van der Waals surface area contributed by atoms with Gasteiger partial charge in [0.05, 0.1) is 11.1 Å². The van der Waals surface area contributed by atoms with Gasteiger partial charge in [0.2, 0.25) is 0 Å². The highest BCUT2D eigenvalue weighted by Crippen LogP contribution is 2.40. The van der Waals surface area contributed by atoms with Gasteiger partial charge in [-0.2, -0.15) is 0 Å². The fourth-order valence-electron chi connectivity index (χ4n) is 2.38. The summed E-state index contributed by atoms with van der Waals surface area (Å²) in [5, 5.41) is 10.1. The molecule has 1 saturated heterocycles. The molecule has 2 rings (SSSR count). The Morgan fingerprint density at radius 2 is 2.25 bits per heavy atom. The van der Waals surface area contributed by atoms with E-state index in [0.29, 0.717) is 28.9 Å². The van der Waals surface area contributed by atoms with Gasteiger partial charge in [-0.25, -0.2) is 4.79 Å². The molecule has 0 saturated carbocycles. The second-order valence-electron chi connectivity index (χ2n) is 4.54. The van der Waals surface area contributed by atoms with Crippen LogP contribution >= 0.6 is 23.2 Å². The number of ether oxygens (including phenoxy) is 1. The van der Waals surface area contributed by atoms with E-state index in [0.717, 1.165) is 18.4 Å². The maximum Gasteiger partial charge on any atom is 0.407 e. The minimum atomic E-state index is -0.938. The molecule has 1 N–H and O–H groups in total. The molecule has 20 heavy (non-hydrogen) atoms. The molecule has 0 aliphatic carbocycles. The van der Waals surface area contributed by atoms with Crippen LogP contribution in [0.25, 0.3) is 0 Å². The number of likely N-dealkylation sites (tertiary alicyclic amines) is 1. The maximum absolute atomic E-state index is 11.2. The molecular formula is C14H15Cl2NO3. The van der Waals surface area contributed by atoms with Crippen LogP contribution in [0.5, 0.6) is 5.75 Å². The number of amides is 1. The summed E-state index contributed by atoms with van der Waals surface area (Å²) in [6.07, 6.45) is 2.24. The van der Waals surface area contributed by atoms with E-state index < -0.39 is 6.09 Å². The van der Waals surface area contributed by atoms with Crippen LogP contribution in [0.4, 0.5) is 4.79 Å². The van der Waals surface area contributed by atoms with Crippen LogP contribution in [0.1, 0.15) is 24.4 Å². The van der Waals surface area contributed by atoms with Gasteiger partial charge in [-0.1, -0.05) is 35.9 Å². The van der Waals surface area contributed by atoms with Crippen LogP contribution in [0.3, 0.4) is 0 Å². The van der Waals surface area contributed by atoms with E-state index in [4.69, 9.17) is 27.9 Å². The van der Waals surface area contributed by atoms with E-state index in [1.54, 1.807) is 18.2 Å². The molecule has 1 aromatic rings. The van der Waals surface area contributed by atoms with Crippen molar-refractivity contribution in [3.8, 4) is 5.75 Å². The number of rotatable bonds is 4. The van der Waals surface area contributed by atoms with Gasteiger partial charge >= 0.3 is 6.09 Å². The van der Waals surface area contributed by atoms with Crippen LogP contribution in [0, 0.1) is 0 Å². The number of carboxylic acid groups (broad SMARTS) is 1. The Kier molecular flexibility index (Phi) is 4.78. The molecule has 1 heterocycles. The summed E-state index contributed by atoms with van der Waals surface area (Å²) in [4.78, 5) is 12.6. The molecule has 0 aromatic heterocycles. The fraction of sp³-hybridized carbons (Fsp3) is 0.357. The minimum Gasteiger partial charge on any atom is -0.488 e. The van der Waals surface area contributed by atoms with Gasteiger partial charge in [0.25, 0.3) is 0 Å². The van der Waals surface area contributed by atoms with Crippen molar-refractivity contribution in [1.29, 1.82) is 0 Å². The summed E-state index contributed by atoms with van der Waals surface area (Å²) in [5.41, 5.74) is 0.732. The lowest BCUT2D eigenvalue weighted by Gasteiger charge is -2.23. The van der Waals surface area contributed by atoms with Crippen LogP contribution < -0.4 is 4.74 Å². The van der Waals surface area contributed by atoms with Crippen molar-refractivity contribution in [2.24, 2.45) is 0 Å². The Balaban J connectivity index is 2.35. The Bertz CT molecular complexity index is 533. The van der Waals surface area contributed by atoms with Crippen molar-refractivity contribution in [3.05, 3.63) is 40.4 Å². The van der Waals surface area contributed by atoms with Gasteiger partial charge < -0.3 is 14.7 Å². The van der Waals surface area contributed by atoms with Crippen LogP contribution in [0.15, 0.2) is 24.8 Å². The highest BCUT2D eigenvalue weighted by Gasteiger charge is 2.31. The summed E-state index contributed by atoms with van der Waals surface area (Å²) < 4.78 is 5.46. The smallest absolute Gasteiger partial charge is 0.407 e. The van der Waals surface area contributed by atoms with E-state index in [1.165, 1.54) is 4.90 Å². The van der Waals surface area contributed by atoms with Crippen LogP contribution in [-0.4, -0.2) is 29.3 Å². The van der Waals surface area contributed by atoms with Gasteiger partial charge in [-0.15, -0.1) is 0 Å². The highest BCUT2D eigenvalue weighted by molar-refractivity contribution is 6.36. The molecule has 0 radical (unpaired) electrons. The van der Waals surface area contributed by atoms with Crippen molar-refractivity contribution in [3.63, 3.8) is 0 Å². The first-order chi connectivity index (χ1) is 9.54. The van der Waals surface area contributed by atoms with Crippen molar-refractivity contribution < 1.29 is 14.6 Å². The first kappa shape index (κ1) is 15.0. The van der Waals surface area contributed by atoms with Gasteiger partial charge in [-0.05, 0) is 30.5 Å².